The molecule has 1 atom stereocenters. The molecule has 3 aromatic carbocycles. The third-order valence-corrected chi connectivity index (χ3v) is 7.45. The molecule has 2 heterocycles. The molecule has 190 valence electrons. The van der Waals surface area contributed by atoms with Gasteiger partial charge in [-0.3, -0.25) is 9.59 Å². The van der Waals surface area contributed by atoms with E-state index in [0.717, 1.165) is 20.0 Å². The highest BCUT2D eigenvalue weighted by Crippen LogP contribution is 2.44. The van der Waals surface area contributed by atoms with Gasteiger partial charge in [0.2, 0.25) is 0 Å². The summed E-state index contributed by atoms with van der Waals surface area (Å²) in [5, 5.41) is 1.37. The Bertz CT molecular complexity index is 1460. The van der Waals surface area contributed by atoms with Crippen LogP contribution in [0.1, 0.15) is 36.5 Å². The maximum absolute atomic E-state index is 13.2. The highest BCUT2D eigenvalue weighted by Gasteiger charge is 2.48. The molecule has 0 aliphatic carbocycles. The molecule has 9 heteroatoms. The number of fused-ring (bicyclic) bond motifs is 1. The smallest absolute Gasteiger partial charge is 0.324 e. The molecule has 1 aliphatic rings. The Morgan fingerprint density at radius 1 is 1.00 bits per heavy atom. The molecule has 1 fully saturated rings. The first-order valence-electron chi connectivity index (χ1n) is 11.5. The molecule has 0 amide bonds. The Labute approximate surface area is 237 Å². The molecule has 1 saturated heterocycles. The number of carbonyl (C=O) groups excluding carboxylic acids is 2. The van der Waals surface area contributed by atoms with Crippen LogP contribution in [0.15, 0.2) is 66.9 Å². The highest BCUT2D eigenvalue weighted by molar-refractivity contribution is 14.1. The van der Waals surface area contributed by atoms with Crippen LogP contribution in [0.2, 0.25) is 10.0 Å². The van der Waals surface area contributed by atoms with Crippen molar-refractivity contribution in [2.24, 2.45) is 5.92 Å². The molecule has 0 unspecified atom stereocenters. The fourth-order valence-corrected chi connectivity index (χ4v) is 5.51. The predicted molar refractivity (Wildman–Crippen MR) is 150 cm³/mol. The summed E-state index contributed by atoms with van der Waals surface area (Å²) in [7, 11) is 0. The Hall–Kier alpha value is -2.75. The number of para-hydroxylation sites is 1. The summed E-state index contributed by atoms with van der Waals surface area (Å²) < 4.78 is 18.0. The molecule has 0 saturated carbocycles. The van der Waals surface area contributed by atoms with E-state index in [1.165, 1.54) is 13.8 Å². The van der Waals surface area contributed by atoms with E-state index in [1.54, 1.807) is 18.3 Å². The first-order valence-corrected chi connectivity index (χ1v) is 13.3. The molecule has 4 aromatic rings. The number of halogens is 3. The quantitative estimate of drug-likeness (QED) is 0.135. The van der Waals surface area contributed by atoms with E-state index in [0.29, 0.717) is 16.9 Å². The minimum absolute atomic E-state index is 0.260. The van der Waals surface area contributed by atoms with Crippen LogP contribution in [-0.4, -0.2) is 22.7 Å². The van der Waals surface area contributed by atoms with Gasteiger partial charge in [0.15, 0.2) is 11.7 Å². The molecule has 0 radical (unpaired) electrons. The summed E-state index contributed by atoms with van der Waals surface area (Å²) in [4.78, 5) is 29.5. The molecule has 1 aliphatic heterocycles. The highest BCUT2D eigenvalue weighted by atomic mass is 127. The Morgan fingerprint density at radius 3 is 2.27 bits per heavy atom. The zero-order valence-electron chi connectivity index (χ0n) is 19.9. The zero-order valence-corrected chi connectivity index (χ0v) is 23.6. The second-order valence-electron chi connectivity index (χ2n) is 9.22. The number of esters is 2. The number of hydrogen-bond acceptors (Lipinski definition) is 5. The summed E-state index contributed by atoms with van der Waals surface area (Å²) >= 11 is 15.6. The second-order valence-corrected chi connectivity index (χ2v) is 11.3. The lowest BCUT2D eigenvalue weighted by Gasteiger charge is -2.36. The monoisotopic (exact) mass is 649 g/mol. The van der Waals surface area contributed by atoms with Crippen LogP contribution < -0.4 is 4.74 Å². The van der Waals surface area contributed by atoms with E-state index < -0.39 is 29.6 Å². The number of rotatable bonds is 6. The number of ether oxygens (including phenoxy) is 3. The van der Waals surface area contributed by atoms with Gasteiger partial charge in [-0.2, -0.15) is 0 Å². The topological polar surface area (TPSA) is 77.6 Å². The lowest BCUT2D eigenvalue weighted by Crippen LogP contribution is -2.48. The fraction of sp³-hybridized carbons (Fsp3) is 0.214. The van der Waals surface area contributed by atoms with E-state index in [4.69, 9.17) is 37.4 Å². The number of H-pyrrole nitrogens is 1. The van der Waals surface area contributed by atoms with Gasteiger partial charge in [0.05, 0.1) is 10.0 Å². The second kappa shape index (κ2) is 10.2. The standard InChI is InChI=1S/C28H22Cl2INO5/c1-28(2)36-26(33)24(27(34)37-28)23(19-13-32-22-6-4-3-5-18(19)22)16-11-20(29)25(21(30)12-16)35-14-15-7-9-17(31)10-8-15/h3-13,23-24,32H,14H2,1-2H3/t23-/m0/s1. The van der Waals surface area contributed by atoms with Crippen molar-refractivity contribution in [3.05, 3.63) is 97.2 Å². The number of aromatic amines is 1. The largest absolute Gasteiger partial charge is 0.486 e. The van der Waals surface area contributed by atoms with Crippen molar-refractivity contribution in [2.75, 3.05) is 0 Å². The lowest BCUT2D eigenvalue weighted by molar-refractivity contribution is -0.240. The minimum Gasteiger partial charge on any atom is -0.486 e. The molecule has 6 nitrogen and oxygen atoms in total. The van der Waals surface area contributed by atoms with Crippen molar-refractivity contribution in [1.82, 2.24) is 4.98 Å². The van der Waals surface area contributed by atoms with Crippen LogP contribution in [0.5, 0.6) is 5.75 Å². The van der Waals surface area contributed by atoms with Gasteiger partial charge in [-0.05, 0) is 69.6 Å². The Balaban J connectivity index is 1.56. The van der Waals surface area contributed by atoms with Crippen molar-refractivity contribution in [3.63, 3.8) is 0 Å². The van der Waals surface area contributed by atoms with Crippen LogP contribution in [0.25, 0.3) is 10.9 Å². The van der Waals surface area contributed by atoms with Crippen molar-refractivity contribution < 1.29 is 23.8 Å². The number of aromatic nitrogens is 1. The zero-order chi connectivity index (χ0) is 26.3. The van der Waals surface area contributed by atoms with Gasteiger partial charge in [0, 0.05) is 40.4 Å². The normalized spacial score (nSPS) is 16.4. The number of hydrogen-bond donors (Lipinski definition) is 1. The van der Waals surface area contributed by atoms with Crippen LogP contribution in [-0.2, 0) is 25.7 Å². The van der Waals surface area contributed by atoms with E-state index >= 15 is 0 Å². The van der Waals surface area contributed by atoms with Gasteiger partial charge in [0.1, 0.15) is 6.61 Å². The molecule has 5 rings (SSSR count). The number of carbonyl (C=O) groups is 2. The van der Waals surface area contributed by atoms with E-state index in [-0.39, 0.29) is 16.7 Å². The predicted octanol–water partition coefficient (Wildman–Crippen LogP) is 7.24. The molecule has 1 aromatic heterocycles. The summed E-state index contributed by atoms with van der Waals surface area (Å²) in [6, 6.07) is 18.9. The SMILES string of the molecule is CC1(C)OC(=O)C([C@@H](c2cc(Cl)c(OCc3ccc(I)cc3)c(Cl)c2)c2c[nH]c3ccccc23)C(=O)O1. The molecule has 0 spiro atoms. The number of cyclic esters (lactones) is 2. The summed E-state index contributed by atoms with van der Waals surface area (Å²) in [5.74, 6) is -4.41. The van der Waals surface area contributed by atoms with Gasteiger partial charge in [-0.15, -0.1) is 0 Å². The number of benzene rings is 3. The van der Waals surface area contributed by atoms with Gasteiger partial charge < -0.3 is 19.2 Å². The third kappa shape index (κ3) is 5.30. The molecule has 1 N–H and O–H groups in total. The molecular formula is C28H22Cl2INO5. The maximum Gasteiger partial charge on any atom is 0.324 e. The van der Waals surface area contributed by atoms with Crippen molar-refractivity contribution in [3.8, 4) is 5.75 Å². The van der Waals surface area contributed by atoms with Gasteiger partial charge in [-0.1, -0.05) is 53.5 Å². The molecule has 0 bridgehead atoms. The van der Waals surface area contributed by atoms with E-state index in [1.807, 2.05) is 48.5 Å². The van der Waals surface area contributed by atoms with Crippen LogP contribution >= 0.6 is 45.8 Å². The van der Waals surface area contributed by atoms with Crippen molar-refractivity contribution in [1.29, 1.82) is 0 Å². The van der Waals surface area contributed by atoms with E-state index in [2.05, 4.69) is 27.6 Å². The molecular weight excluding hydrogens is 628 g/mol. The van der Waals surface area contributed by atoms with Gasteiger partial charge >= 0.3 is 11.9 Å². The maximum atomic E-state index is 13.2. The molecule has 37 heavy (non-hydrogen) atoms. The number of nitrogens with one attached hydrogen (secondary N) is 1. The van der Waals surface area contributed by atoms with Gasteiger partial charge in [-0.25, -0.2) is 0 Å². The van der Waals surface area contributed by atoms with Gasteiger partial charge in [0.25, 0.3) is 5.79 Å². The average Bonchev–Trinajstić information content (AvgIpc) is 3.25. The van der Waals surface area contributed by atoms with E-state index in [9.17, 15) is 9.59 Å². The summed E-state index contributed by atoms with van der Waals surface area (Å²) in [5.41, 5.74) is 3.09. The summed E-state index contributed by atoms with van der Waals surface area (Å²) in [6.07, 6.45) is 1.78. The fourth-order valence-electron chi connectivity index (χ4n) is 4.54. The Morgan fingerprint density at radius 2 is 1.62 bits per heavy atom. The van der Waals surface area contributed by atoms with Crippen LogP contribution in [0.4, 0.5) is 0 Å². The summed E-state index contributed by atoms with van der Waals surface area (Å²) in [6.45, 7) is 3.32. The third-order valence-electron chi connectivity index (χ3n) is 6.17. The Kier molecular flexibility index (Phi) is 7.13. The van der Waals surface area contributed by atoms with Crippen LogP contribution in [0.3, 0.4) is 0 Å². The van der Waals surface area contributed by atoms with Crippen LogP contribution in [0, 0.1) is 9.49 Å². The van der Waals surface area contributed by atoms with Crippen molar-refractivity contribution in [2.45, 2.75) is 32.2 Å². The average molecular weight is 650 g/mol. The first kappa shape index (κ1) is 25.9. The lowest BCUT2D eigenvalue weighted by atomic mass is 9.80. The minimum atomic E-state index is -1.35. The van der Waals surface area contributed by atoms with Crippen molar-refractivity contribution >= 4 is 68.6 Å². The first-order chi connectivity index (χ1) is 17.6.